The highest BCUT2D eigenvalue weighted by atomic mass is 32.2. The van der Waals surface area contributed by atoms with Gasteiger partial charge in [-0.1, -0.05) is 12.1 Å². The molecule has 11 heteroatoms. The van der Waals surface area contributed by atoms with Crippen molar-refractivity contribution in [2.24, 2.45) is 0 Å². The highest BCUT2D eigenvalue weighted by Crippen LogP contribution is 2.24. The van der Waals surface area contributed by atoms with E-state index in [-0.39, 0.29) is 17.0 Å². The van der Waals surface area contributed by atoms with Crippen LogP contribution in [0.2, 0.25) is 0 Å². The Kier molecular flexibility index (Phi) is 7.58. The number of aromatic nitrogens is 2. The Labute approximate surface area is 206 Å². The molecule has 4 rings (SSSR count). The number of amides is 1. The Morgan fingerprint density at radius 1 is 1.06 bits per heavy atom. The number of morpholine rings is 1. The molecule has 0 spiro atoms. The third-order valence-electron chi connectivity index (χ3n) is 5.89. The smallest absolute Gasteiger partial charge is 0.410 e. The number of nitrogens with one attached hydrogen (secondary N) is 1. The second-order valence-electron chi connectivity index (χ2n) is 9.69. The number of sulfonamides is 1. The predicted octanol–water partition coefficient (Wildman–Crippen LogP) is 2.98. The fourth-order valence-corrected chi connectivity index (χ4v) is 5.45. The molecular formula is C24H33N5O5S. The summed E-state index contributed by atoms with van der Waals surface area (Å²) in [5.41, 5.74) is 0.992. The molecule has 0 unspecified atom stereocenters. The molecule has 1 amide bonds. The summed E-state index contributed by atoms with van der Waals surface area (Å²) in [6.45, 7) is 8.34. The second-order valence-corrected chi connectivity index (χ2v) is 11.6. The van der Waals surface area contributed by atoms with Crippen LogP contribution in [0.5, 0.6) is 0 Å². The summed E-state index contributed by atoms with van der Waals surface area (Å²) in [6.07, 6.45) is 2.93. The summed E-state index contributed by atoms with van der Waals surface area (Å²) in [5.74, 6) is 0.503. The highest BCUT2D eigenvalue weighted by Gasteiger charge is 2.28. The van der Waals surface area contributed by atoms with Crippen LogP contribution in [0.1, 0.15) is 33.6 Å². The first-order valence-electron chi connectivity index (χ1n) is 11.9. The zero-order valence-corrected chi connectivity index (χ0v) is 21.3. The van der Waals surface area contributed by atoms with Crippen LogP contribution in [-0.2, 0) is 19.5 Å². The molecule has 0 aliphatic carbocycles. The van der Waals surface area contributed by atoms with Crippen LogP contribution in [0.4, 0.5) is 10.7 Å². The van der Waals surface area contributed by atoms with Crippen molar-refractivity contribution in [2.75, 3.05) is 44.7 Å². The summed E-state index contributed by atoms with van der Waals surface area (Å²) in [4.78, 5) is 23.2. The number of benzene rings is 1. The molecule has 0 radical (unpaired) electrons. The van der Waals surface area contributed by atoms with E-state index in [4.69, 9.17) is 9.47 Å². The number of anilines is 1. The molecule has 1 N–H and O–H groups in total. The zero-order valence-electron chi connectivity index (χ0n) is 20.4. The van der Waals surface area contributed by atoms with E-state index in [9.17, 15) is 13.2 Å². The lowest BCUT2D eigenvalue weighted by Gasteiger charge is -2.33. The lowest BCUT2D eigenvalue weighted by molar-refractivity contribution is 0.0210. The number of carbonyl (C=O) groups excluding carboxylic acids is 1. The Hall–Kier alpha value is -2.76. The van der Waals surface area contributed by atoms with E-state index < -0.39 is 15.6 Å². The van der Waals surface area contributed by atoms with Gasteiger partial charge < -0.3 is 19.7 Å². The molecule has 0 atom stereocenters. The van der Waals surface area contributed by atoms with Crippen molar-refractivity contribution >= 4 is 22.1 Å². The first kappa shape index (κ1) is 25.3. The Morgan fingerprint density at radius 2 is 1.71 bits per heavy atom. The summed E-state index contributed by atoms with van der Waals surface area (Å²) in [6, 6.07) is 8.69. The molecule has 0 bridgehead atoms. The van der Waals surface area contributed by atoms with Gasteiger partial charge in [0.1, 0.15) is 5.60 Å². The van der Waals surface area contributed by atoms with Crippen molar-refractivity contribution in [3.8, 4) is 11.3 Å². The van der Waals surface area contributed by atoms with Crippen LogP contribution in [0.15, 0.2) is 41.4 Å². The lowest BCUT2D eigenvalue weighted by atomic mass is 10.1. The van der Waals surface area contributed by atoms with Crippen molar-refractivity contribution in [3.05, 3.63) is 36.5 Å². The normalized spacial score (nSPS) is 18.3. The van der Waals surface area contributed by atoms with Gasteiger partial charge in [0.05, 0.1) is 23.8 Å². The SMILES string of the molecule is CC(C)(C)OC(=O)N1CCC(Nc2nccc(-c3ccc(S(=O)(=O)N4CCOCC4)cc3)n2)CC1. The summed E-state index contributed by atoms with van der Waals surface area (Å²) >= 11 is 0. The second kappa shape index (κ2) is 10.5. The standard InChI is InChI=1S/C24H33N5O5S/c1-24(2,3)34-23(30)28-12-9-19(10-13-28)26-22-25-11-8-21(27-22)18-4-6-20(7-5-18)35(31,32)29-14-16-33-17-15-29/h4-8,11,19H,9-10,12-17H2,1-3H3,(H,25,26,27). The van der Waals surface area contributed by atoms with Gasteiger partial charge in [0.25, 0.3) is 0 Å². The number of likely N-dealkylation sites (tertiary alicyclic amines) is 1. The minimum Gasteiger partial charge on any atom is -0.444 e. The fourth-order valence-electron chi connectivity index (χ4n) is 4.04. The van der Waals surface area contributed by atoms with Crippen LogP contribution < -0.4 is 5.32 Å². The number of carbonyl (C=O) groups is 1. The molecule has 2 aliphatic rings. The van der Waals surface area contributed by atoms with Gasteiger partial charge in [-0.3, -0.25) is 0 Å². The van der Waals surface area contributed by atoms with Gasteiger partial charge in [-0.05, 0) is 51.8 Å². The number of hydrogen-bond donors (Lipinski definition) is 1. The van der Waals surface area contributed by atoms with E-state index >= 15 is 0 Å². The van der Waals surface area contributed by atoms with Gasteiger partial charge in [0.15, 0.2) is 0 Å². The number of nitrogens with zero attached hydrogens (tertiary/aromatic N) is 4. The van der Waals surface area contributed by atoms with Crippen molar-refractivity contribution in [1.29, 1.82) is 0 Å². The van der Waals surface area contributed by atoms with Crippen molar-refractivity contribution in [1.82, 2.24) is 19.2 Å². The van der Waals surface area contributed by atoms with E-state index in [1.54, 1.807) is 41.4 Å². The summed E-state index contributed by atoms with van der Waals surface area (Å²) in [5, 5.41) is 3.36. The zero-order chi connectivity index (χ0) is 25.1. The van der Waals surface area contributed by atoms with Crippen LogP contribution >= 0.6 is 0 Å². The Morgan fingerprint density at radius 3 is 2.34 bits per heavy atom. The summed E-state index contributed by atoms with van der Waals surface area (Å²) < 4.78 is 37.9. The Bertz CT molecular complexity index is 1120. The van der Waals surface area contributed by atoms with Crippen molar-refractivity contribution in [3.63, 3.8) is 0 Å². The van der Waals surface area contributed by atoms with Crippen LogP contribution in [-0.4, -0.2) is 84.7 Å². The maximum atomic E-state index is 12.8. The summed E-state index contributed by atoms with van der Waals surface area (Å²) in [7, 11) is -3.54. The van der Waals surface area contributed by atoms with E-state index in [1.165, 1.54) is 4.31 Å². The minimum atomic E-state index is -3.54. The van der Waals surface area contributed by atoms with Crippen LogP contribution in [0, 0.1) is 0 Å². The van der Waals surface area contributed by atoms with E-state index in [0.717, 1.165) is 18.4 Å². The fraction of sp³-hybridized carbons (Fsp3) is 0.542. The molecule has 2 saturated heterocycles. The van der Waals surface area contributed by atoms with Crippen LogP contribution in [0.25, 0.3) is 11.3 Å². The third-order valence-corrected chi connectivity index (χ3v) is 7.81. The van der Waals surface area contributed by atoms with E-state index in [1.807, 2.05) is 20.8 Å². The largest absolute Gasteiger partial charge is 0.444 e. The molecule has 1 aromatic heterocycles. The molecule has 2 fully saturated rings. The molecule has 0 saturated carbocycles. The highest BCUT2D eigenvalue weighted by molar-refractivity contribution is 7.89. The average molecular weight is 504 g/mol. The molecule has 2 aliphatic heterocycles. The topological polar surface area (TPSA) is 114 Å². The first-order chi connectivity index (χ1) is 16.6. The van der Waals surface area contributed by atoms with Gasteiger partial charge in [0.2, 0.25) is 16.0 Å². The predicted molar refractivity (Wildman–Crippen MR) is 131 cm³/mol. The van der Waals surface area contributed by atoms with Gasteiger partial charge in [-0.25, -0.2) is 23.2 Å². The molecule has 3 heterocycles. The van der Waals surface area contributed by atoms with Gasteiger partial charge >= 0.3 is 6.09 Å². The molecule has 10 nitrogen and oxygen atoms in total. The average Bonchev–Trinajstić information content (AvgIpc) is 2.84. The number of rotatable bonds is 5. The molecule has 35 heavy (non-hydrogen) atoms. The third kappa shape index (κ3) is 6.47. The number of hydrogen-bond acceptors (Lipinski definition) is 8. The maximum Gasteiger partial charge on any atom is 0.410 e. The quantitative estimate of drug-likeness (QED) is 0.662. The van der Waals surface area contributed by atoms with Crippen LogP contribution in [0.3, 0.4) is 0 Å². The molecule has 1 aromatic carbocycles. The molecular weight excluding hydrogens is 470 g/mol. The maximum absolute atomic E-state index is 12.8. The number of piperidine rings is 1. The van der Waals surface area contributed by atoms with Gasteiger partial charge in [-0.2, -0.15) is 4.31 Å². The minimum absolute atomic E-state index is 0.143. The first-order valence-corrected chi connectivity index (χ1v) is 13.3. The molecule has 190 valence electrons. The van der Waals surface area contributed by atoms with E-state index in [2.05, 4.69) is 15.3 Å². The number of ether oxygens (including phenoxy) is 2. The van der Waals surface area contributed by atoms with E-state index in [0.29, 0.717) is 51.0 Å². The molecule has 2 aromatic rings. The van der Waals surface area contributed by atoms with Gasteiger partial charge in [0, 0.05) is 44.0 Å². The van der Waals surface area contributed by atoms with Crippen molar-refractivity contribution < 1.29 is 22.7 Å². The van der Waals surface area contributed by atoms with Gasteiger partial charge in [-0.15, -0.1) is 0 Å². The lowest BCUT2D eigenvalue weighted by Crippen LogP contribution is -2.44. The van der Waals surface area contributed by atoms with Crippen molar-refractivity contribution in [2.45, 2.75) is 50.2 Å². The Balaban J connectivity index is 1.37. The monoisotopic (exact) mass is 503 g/mol.